The molecule has 7 nitrogen and oxygen atoms in total. The average Bonchev–Trinajstić information content (AvgIpc) is 3.00. The van der Waals surface area contributed by atoms with E-state index in [1.807, 2.05) is 46.8 Å². The van der Waals surface area contributed by atoms with Crippen molar-refractivity contribution >= 4 is 10.0 Å². The first-order valence-electron chi connectivity index (χ1n) is 9.74. The standard InChI is InChI=1S/C20H30N4O3S/c1-15-7-9-17(10-8-15)28(25,26)24-12-6-11-23(13-14-24)16(2)18-21-19(22-27-18)20(3,4)5/h7-10,16H,6,11-14H2,1-5H3/t16-/m1/s1. The van der Waals surface area contributed by atoms with Gasteiger partial charge in [0.15, 0.2) is 5.82 Å². The predicted molar refractivity (Wildman–Crippen MR) is 108 cm³/mol. The summed E-state index contributed by atoms with van der Waals surface area (Å²) in [5, 5.41) is 4.11. The fourth-order valence-corrected chi connectivity index (χ4v) is 4.74. The minimum Gasteiger partial charge on any atom is -0.338 e. The molecule has 1 aliphatic rings. The van der Waals surface area contributed by atoms with Crippen molar-refractivity contribution in [3.05, 3.63) is 41.5 Å². The lowest BCUT2D eigenvalue weighted by atomic mass is 9.96. The Morgan fingerprint density at radius 1 is 1.07 bits per heavy atom. The maximum atomic E-state index is 13.0. The monoisotopic (exact) mass is 406 g/mol. The molecule has 0 bridgehead atoms. The van der Waals surface area contributed by atoms with E-state index in [9.17, 15) is 8.42 Å². The first-order chi connectivity index (χ1) is 13.1. The van der Waals surface area contributed by atoms with Crippen LogP contribution in [0.25, 0.3) is 0 Å². The third-order valence-corrected chi connectivity index (χ3v) is 7.08. The number of aryl methyl sites for hydroxylation is 1. The van der Waals surface area contributed by atoms with Gasteiger partial charge in [0.25, 0.3) is 0 Å². The van der Waals surface area contributed by atoms with Crippen LogP contribution in [0.3, 0.4) is 0 Å². The summed E-state index contributed by atoms with van der Waals surface area (Å²) >= 11 is 0. The van der Waals surface area contributed by atoms with E-state index in [-0.39, 0.29) is 11.5 Å². The zero-order chi connectivity index (χ0) is 20.5. The summed E-state index contributed by atoms with van der Waals surface area (Å²) in [6.07, 6.45) is 0.760. The third-order valence-electron chi connectivity index (χ3n) is 5.17. The van der Waals surface area contributed by atoms with Gasteiger partial charge in [0, 0.05) is 31.6 Å². The Morgan fingerprint density at radius 2 is 1.75 bits per heavy atom. The first kappa shape index (κ1) is 21.0. The molecule has 3 rings (SSSR count). The van der Waals surface area contributed by atoms with Gasteiger partial charge in [-0.2, -0.15) is 9.29 Å². The normalized spacial score (nSPS) is 18.8. The van der Waals surface area contributed by atoms with Crippen molar-refractivity contribution in [3.63, 3.8) is 0 Å². The first-order valence-corrected chi connectivity index (χ1v) is 11.2. The van der Waals surface area contributed by atoms with Gasteiger partial charge >= 0.3 is 0 Å². The molecule has 2 heterocycles. The van der Waals surface area contributed by atoms with Crippen LogP contribution in [0.1, 0.15) is 57.4 Å². The summed E-state index contributed by atoms with van der Waals surface area (Å²) in [6, 6.07) is 6.99. The zero-order valence-electron chi connectivity index (χ0n) is 17.3. The van der Waals surface area contributed by atoms with Crippen LogP contribution in [0.5, 0.6) is 0 Å². The second kappa shape index (κ2) is 7.93. The summed E-state index contributed by atoms with van der Waals surface area (Å²) in [4.78, 5) is 7.13. The lowest BCUT2D eigenvalue weighted by Crippen LogP contribution is -2.36. The smallest absolute Gasteiger partial charge is 0.243 e. The van der Waals surface area contributed by atoms with Crippen molar-refractivity contribution in [1.29, 1.82) is 0 Å². The van der Waals surface area contributed by atoms with E-state index < -0.39 is 10.0 Å². The van der Waals surface area contributed by atoms with Gasteiger partial charge < -0.3 is 4.52 Å². The van der Waals surface area contributed by atoms with Gasteiger partial charge in [0.1, 0.15) is 0 Å². The third kappa shape index (κ3) is 4.45. The molecule has 0 N–H and O–H groups in total. The lowest BCUT2D eigenvalue weighted by molar-refractivity contribution is 0.181. The molecule has 0 amide bonds. The highest BCUT2D eigenvalue weighted by atomic mass is 32.2. The van der Waals surface area contributed by atoms with Gasteiger partial charge in [0.05, 0.1) is 10.9 Å². The van der Waals surface area contributed by atoms with Gasteiger partial charge in [-0.25, -0.2) is 8.42 Å². The molecule has 0 unspecified atom stereocenters. The number of nitrogens with zero attached hydrogens (tertiary/aromatic N) is 4. The Balaban J connectivity index is 1.70. The average molecular weight is 407 g/mol. The van der Waals surface area contributed by atoms with Gasteiger partial charge in [0.2, 0.25) is 15.9 Å². The topological polar surface area (TPSA) is 79.5 Å². The Kier molecular flexibility index (Phi) is 5.93. The van der Waals surface area contributed by atoms with E-state index in [0.29, 0.717) is 36.2 Å². The van der Waals surface area contributed by atoms with Crippen LogP contribution in [0.2, 0.25) is 0 Å². The highest BCUT2D eigenvalue weighted by molar-refractivity contribution is 7.89. The molecule has 1 fully saturated rings. The van der Waals surface area contributed by atoms with Gasteiger partial charge in [-0.1, -0.05) is 43.6 Å². The molecule has 8 heteroatoms. The predicted octanol–water partition coefficient (Wildman–Crippen LogP) is 3.13. The van der Waals surface area contributed by atoms with Gasteiger partial charge in [-0.15, -0.1) is 0 Å². The summed E-state index contributed by atoms with van der Waals surface area (Å²) in [5.41, 5.74) is 0.878. The van der Waals surface area contributed by atoms with Crippen LogP contribution in [-0.4, -0.2) is 53.9 Å². The molecule has 0 saturated carbocycles. The van der Waals surface area contributed by atoms with Crippen LogP contribution >= 0.6 is 0 Å². The Morgan fingerprint density at radius 3 is 2.36 bits per heavy atom. The molecule has 2 aromatic rings. The van der Waals surface area contributed by atoms with Crippen molar-refractivity contribution in [3.8, 4) is 0 Å². The molecule has 1 aromatic carbocycles. The SMILES string of the molecule is Cc1ccc(S(=O)(=O)N2CCCN([C@H](C)c3nc(C(C)(C)C)no3)CC2)cc1. The summed E-state index contributed by atoms with van der Waals surface area (Å²) in [5.74, 6) is 1.27. The van der Waals surface area contributed by atoms with Crippen LogP contribution in [0.15, 0.2) is 33.7 Å². The fraction of sp³-hybridized carbons (Fsp3) is 0.600. The molecule has 28 heavy (non-hydrogen) atoms. The van der Waals surface area contributed by atoms with E-state index in [1.165, 1.54) is 0 Å². The number of sulfonamides is 1. The van der Waals surface area contributed by atoms with Crippen molar-refractivity contribution in [2.45, 2.75) is 57.4 Å². The Hall–Kier alpha value is -1.77. The van der Waals surface area contributed by atoms with Crippen molar-refractivity contribution < 1.29 is 12.9 Å². The second-order valence-electron chi connectivity index (χ2n) is 8.49. The van der Waals surface area contributed by atoms with Crippen LogP contribution in [0.4, 0.5) is 0 Å². The lowest BCUT2D eigenvalue weighted by Gasteiger charge is -2.25. The number of aromatic nitrogens is 2. The summed E-state index contributed by atoms with van der Waals surface area (Å²) in [7, 11) is -3.48. The van der Waals surface area contributed by atoms with E-state index in [4.69, 9.17) is 4.52 Å². The number of benzene rings is 1. The number of rotatable bonds is 4. The van der Waals surface area contributed by atoms with Crippen LogP contribution in [-0.2, 0) is 15.4 Å². The molecule has 1 saturated heterocycles. The highest BCUT2D eigenvalue weighted by Crippen LogP contribution is 2.25. The van der Waals surface area contributed by atoms with Crippen LogP contribution in [0, 0.1) is 6.92 Å². The summed E-state index contributed by atoms with van der Waals surface area (Å²) in [6.45, 7) is 12.5. The van der Waals surface area contributed by atoms with E-state index in [0.717, 1.165) is 18.5 Å². The van der Waals surface area contributed by atoms with Crippen molar-refractivity contribution in [2.75, 3.05) is 26.2 Å². The molecule has 0 spiro atoms. The quantitative estimate of drug-likeness (QED) is 0.776. The van der Waals surface area contributed by atoms with Crippen molar-refractivity contribution in [2.24, 2.45) is 0 Å². The second-order valence-corrected chi connectivity index (χ2v) is 10.4. The molecular weight excluding hydrogens is 376 g/mol. The van der Waals surface area contributed by atoms with Crippen molar-refractivity contribution in [1.82, 2.24) is 19.3 Å². The largest absolute Gasteiger partial charge is 0.338 e. The number of hydrogen-bond acceptors (Lipinski definition) is 6. The van der Waals surface area contributed by atoms with E-state index >= 15 is 0 Å². The molecule has 1 aromatic heterocycles. The maximum Gasteiger partial charge on any atom is 0.243 e. The van der Waals surface area contributed by atoms with E-state index in [2.05, 4.69) is 15.0 Å². The molecule has 0 radical (unpaired) electrons. The van der Waals surface area contributed by atoms with Crippen LogP contribution < -0.4 is 0 Å². The Labute approximate surface area is 167 Å². The summed E-state index contributed by atoms with van der Waals surface area (Å²) < 4.78 is 33.0. The number of hydrogen-bond donors (Lipinski definition) is 0. The maximum absolute atomic E-state index is 13.0. The van der Waals surface area contributed by atoms with Gasteiger partial charge in [-0.3, -0.25) is 4.90 Å². The zero-order valence-corrected chi connectivity index (χ0v) is 18.2. The minimum atomic E-state index is -3.48. The van der Waals surface area contributed by atoms with E-state index in [1.54, 1.807) is 16.4 Å². The highest BCUT2D eigenvalue weighted by Gasteiger charge is 2.31. The molecule has 154 valence electrons. The fourth-order valence-electron chi connectivity index (χ4n) is 3.27. The molecule has 1 aliphatic heterocycles. The van der Waals surface area contributed by atoms with Gasteiger partial charge in [-0.05, 0) is 32.4 Å². The molecular formula is C20H30N4O3S. The molecule has 0 aliphatic carbocycles. The molecule has 1 atom stereocenters. The Bertz CT molecular complexity index is 900. The minimum absolute atomic E-state index is 0.0503.